The molecule has 27 heavy (non-hydrogen) atoms. The molecule has 1 aromatic carbocycles. The van der Waals surface area contributed by atoms with Crippen molar-refractivity contribution in [3.63, 3.8) is 0 Å². The number of thioether (sulfide) groups is 1. The van der Waals surface area contributed by atoms with E-state index in [1.165, 1.54) is 18.7 Å². The van der Waals surface area contributed by atoms with Crippen molar-refractivity contribution in [2.45, 2.75) is 42.1 Å². The Bertz CT molecular complexity index is 870. The zero-order valence-corrected chi connectivity index (χ0v) is 16.3. The highest BCUT2D eigenvalue weighted by molar-refractivity contribution is 8.01. The molecule has 146 valence electrons. The molecule has 1 aromatic rings. The molecule has 0 aromatic heterocycles. The third-order valence-electron chi connectivity index (χ3n) is 4.31. The summed E-state index contributed by atoms with van der Waals surface area (Å²) in [6.45, 7) is 1.42. The molecule has 0 unspecified atom stereocenters. The Hall–Kier alpha value is -2.07. The molecule has 2 aliphatic rings. The van der Waals surface area contributed by atoms with Crippen molar-refractivity contribution in [2.75, 3.05) is 16.8 Å². The van der Waals surface area contributed by atoms with Crippen LogP contribution in [0.25, 0.3) is 0 Å². The van der Waals surface area contributed by atoms with E-state index in [0.29, 0.717) is 12.1 Å². The second-order valence-corrected chi connectivity index (χ2v) is 10.0. The monoisotopic (exact) mass is 412 g/mol. The van der Waals surface area contributed by atoms with E-state index in [0.717, 1.165) is 4.90 Å². The van der Waals surface area contributed by atoms with Crippen LogP contribution >= 0.6 is 11.8 Å². The van der Waals surface area contributed by atoms with Gasteiger partial charge in [0.05, 0.1) is 28.9 Å². The molecule has 10 heteroatoms. The van der Waals surface area contributed by atoms with Gasteiger partial charge < -0.3 is 15.4 Å². The highest BCUT2D eigenvalue weighted by atomic mass is 32.2. The lowest BCUT2D eigenvalue weighted by atomic mass is 10.2. The molecule has 0 spiro atoms. The fourth-order valence-corrected chi connectivity index (χ4v) is 5.67. The van der Waals surface area contributed by atoms with Crippen LogP contribution in [-0.4, -0.2) is 55.1 Å². The maximum Gasteiger partial charge on any atom is 0.308 e. The van der Waals surface area contributed by atoms with E-state index < -0.39 is 39.1 Å². The number of nitrogens with one attached hydrogen (secondary N) is 2. The van der Waals surface area contributed by atoms with E-state index in [1.807, 2.05) is 18.2 Å². The van der Waals surface area contributed by atoms with Crippen molar-refractivity contribution in [2.24, 2.45) is 0 Å². The number of rotatable bonds is 5. The molecule has 0 aliphatic carbocycles. The number of anilines is 1. The third-order valence-corrected chi connectivity index (χ3v) is 7.36. The number of fused-ring (bicyclic) bond motifs is 1. The quantitative estimate of drug-likeness (QED) is 0.684. The molecule has 0 saturated carbocycles. The second-order valence-electron chi connectivity index (χ2n) is 6.54. The van der Waals surface area contributed by atoms with Crippen LogP contribution in [0.5, 0.6) is 0 Å². The number of esters is 1. The highest BCUT2D eigenvalue weighted by Gasteiger charge is 2.32. The predicted molar refractivity (Wildman–Crippen MR) is 100 cm³/mol. The topological polar surface area (TPSA) is 119 Å². The number of hydrogen-bond donors (Lipinski definition) is 2. The summed E-state index contributed by atoms with van der Waals surface area (Å²) >= 11 is 1.27. The number of hydrogen-bond acceptors (Lipinski definition) is 7. The molecular formula is C17H20N2O6S2. The van der Waals surface area contributed by atoms with Gasteiger partial charge in [0.25, 0.3) is 5.91 Å². The lowest BCUT2D eigenvalue weighted by Gasteiger charge is -2.24. The lowest BCUT2D eigenvalue weighted by Crippen LogP contribution is -2.43. The Morgan fingerprint density at radius 1 is 1.37 bits per heavy atom. The Kier molecular flexibility index (Phi) is 5.75. The molecule has 8 nitrogen and oxygen atoms in total. The van der Waals surface area contributed by atoms with Crippen molar-refractivity contribution < 1.29 is 27.5 Å². The van der Waals surface area contributed by atoms with Crippen LogP contribution in [0.3, 0.4) is 0 Å². The summed E-state index contributed by atoms with van der Waals surface area (Å²) in [5, 5.41) is 4.69. The predicted octanol–water partition coefficient (Wildman–Crippen LogP) is 0.725. The molecule has 1 fully saturated rings. The number of sulfone groups is 1. The Labute approximate surface area is 161 Å². The second kappa shape index (κ2) is 7.89. The highest BCUT2D eigenvalue weighted by Crippen LogP contribution is 2.36. The van der Waals surface area contributed by atoms with Crippen LogP contribution in [0.4, 0.5) is 5.69 Å². The van der Waals surface area contributed by atoms with Gasteiger partial charge in [-0.1, -0.05) is 12.1 Å². The number of amides is 2. The normalized spacial score (nSPS) is 24.4. The first-order valence-corrected chi connectivity index (χ1v) is 11.2. The molecule has 3 rings (SSSR count). The maximum atomic E-state index is 12.1. The van der Waals surface area contributed by atoms with Gasteiger partial charge >= 0.3 is 5.97 Å². The molecular weight excluding hydrogens is 392 g/mol. The van der Waals surface area contributed by atoms with Gasteiger partial charge in [0, 0.05) is 10.9 Å². The Morgan fingerprint density at radius 2 is 2.11 bits per heavy atom. The van der Waals surface area contributed by atoms with E-state index in [2.05, 4.69) is 10.6 Å². The van der Waals surface area contributed by atoms with E-state index in [4.69, 9.17) is 4.74 Å². The van der Waals surface area contributed by atoms with Gasteiger partial charge in [-0.3, -0.25) is 14.4 Å². The molecule has 2 aliphatic heterocycles. The summed E-state index contributed by atoms with van der Waals surface area (Å²) in [5.74, 6) is -1.55. The zero-order valence-electron chi connectivity index (χ0n) is 14.6. The average Bonchev–Trinajstić information content (AvgIpc) is 2.94. The van der Waals surface area contributed by atoms with Crippen molar-refractivity contribution in [3.05, 3.63) is 24.3 Å². The number of ether oxygens (including phenoxy) is 1. The minimum Gasteiger partial charge on any atom is -0.453 e. The first kappa shape index (κ1) is 19.7. The first-order chi connectivity index (χ1) is 12.7. The Morgan fingerprint density at radius 3 is 2.81 bits per heavy atom. The van der Waals surface area contributed by atoms with Gasteiger partial charge in [0.15, 0.2) is 15.9 Å². The number of benzene rings is 1. The van der Waals surface area contributed by atoms with Gasteiger partial charge in [0.1, 0.15) is 0 Å². The first-order valence-electron chi connectivity index (χ1n) is 8.50. The minimum atomic E-state index is -3.11. The summed E-state index contributed by atoms with van der Waals surface area (Å²) in [4.78, 5) is 37.2. The third kappa shape index (κ3) is 5.01. The molecule has 2 amide bonds. The summed E-state index contributed by atoms with van der Waals surface area (Å²) in [7, 11) is -3.11. The molecule has 3 atom stereocenters. The average molecular weight is 412 g/mol. The number of carbonyl (C=O) groups excluding carboxylic acids is 3. The summed E-state index contributed by atoms with van der Waals surface area (Å²) < 4.78 is 28.0. The molecule has 1 saturated heterocycles. The van der Waals surface area contributed by atoms with E-state index >= 15 is 0 Å². The molecule has 2 heterocycles. The lowest BCUT2D eigenvalue weighted by molar-refractivity contribution is -0.155. The van der Waals surface area contributed by atoms with E-state index in [9.17, 15) is 22.8 Å². The van der Waals surface area contributed by atoms with Crippen LogP contribution in [0.15, 0.2) is 29.2 Å². The Balaban J connectivity index is 1.50. The van der Waals surface area contributed by atoms with Crippen LogP contribution in [0.1, 0.15) is 19.8 Å². The standard InChI is InChI=1S/C17H20N2O6S2/c1-10(16(21)18-11-6-7-27(23,24)9-11)25-15(20)8-14-17(22)19-12-4-2-3-5-13(12)26-14/h2-5,10-11,14H,6-9H2,1H3,(H,18,21)(H,19,22)/t10-,11-,14-/m0/s1. The van der Waals surface area contributed by atoms with Crippen LogP contribution in [-0.2, 0) is 29.0 Å². The number of para-hydroxylation sites is 1. The van der Waals surface area contributed by atoms with Crippen molar-refractivity contribution in [3.8, 4) is 0 Å². The van der Waals surface area contributed by atoms with E-state index in [-0.39, 0.29) is 23.8 Å². The molecule has 0 radical (unpaired) electrons. The van der Waals surface area contributed by atoms with Crippen molar-refractivity contribution in [1.29, 1.82) is 0 Å². The van der Waals surface area contributed by atoms with Crippen LogP contribution < -0.4 is 10.6 Å². The van der Waals surface area contributed by atoms with Crippen molar-refractivity contribution >= 4 is 45.1 Å². The SMILES string of the molecule is C[C@H](OC(=O)C[C@@H]1Sc2ccccc2NC1=O)C(=O)N[C@H]1CCS(=O)(=O)C1. The van der Waals surface area contributed by atoms with Crippen molar-refractivity contribution in [1.82, 2.24) is 5.32 Å². The largest absolute Gasteiger partial charge is 0.453 e. The maximum absolute atomic E-state index is 12.1. The summed E-state index contributed by atoms with van der Waals surface area (Å²) in [6, 6.07) is 6.83. The fraction of sp³-hybridized carbons (Fsp3) is 0.471. The zero-order chi connectivity index (χ0) is 19.6. The van der Waals surface area contributed by atoms with Gasteiger partial charge in [0.2, 0.25) is 5.91 Å². The molecule has 0 bridgehead atoms. The van der Waals surface area contributed by atoms with Gasteiger partial charge in [-0.25, -0.2) is 8.42 Å². The van der Waals surface area contributed by atoms with Crippen LogP contribution in [0, 0.1) is 0 Å². The van der Waals surface area contributed by atoms with Gasteiger partial charge in [-0.15, -0.1) is 11.8 Å². The fourth-order valence-electron chi connectivity index (χ4n) is 2.90. The van der Waals surface area contributed by atoms with Gasteiger partial charge in [-0.05, 0) is 25.5 Å². The summed E-state index contributed by atoms with van der Waals surface area (Å²) in [6.07, 6.45) is -0.877. The minimum absolute atomic E-state index is 0.0433. The smallest absolute Gasteiger partial charge is 0.308 e. The van der Waals surface area contributed by atoms with Gasteiger partial charge in [-0.2, -0.15) is 0 Å². The van der Waals surface area contributed by atoms with E-state index in [1.54, 1.807) is 6.07 Å². The molecule has 2 N–H and O–H groups in total. The summed E-state index contributed by atoms with van der Waals surface area (Å²) in [5.41, 5.74) is 0.705. The number of carbonyl (C=O) groups is 3. The van der Waals surface area contributed by atoms with Crippen LogP contribution in [0.2, 0.25) is 0 Å².